The van der Waals surface area contributed by atoms with Crippen molar-refractivity contribution in [3.05, 3.63) is 23.8 Å². The molecule has 9 heteroatoms. The predicted octanol–water partition coefficient (Wildman–Crippen LogP) is 2.33. The van der Waals surface area contributed by atoms with Crippen molar-refractivity contribution in [1.29, 1.82) is 0 Å². The fourth-order valence-corrected chi connectivity index (χ4v) is 2.57. The van der Waals surface area contributed by atoms with Crippen molar-refractivity contribution in [1.82, 2.24) is 10.2 Å². The van der Waals surface area contributed by atoms with Crippen LogP contribution in [0.2, 0.25) is 0 Å². The number of carbonyl (C=O) groups excluding carboxylic acids is 2. The molecule has 1 aliphatic heterocycles. The van der Waals surface area contributed by atoms with E-state index < -0.39 is 29.5 Å². The molecule has 0 bridgehead atoms. The summed E-state index contributed by atoms with van der Waals surface area (Å²) in [4.78, 5) is 25.0. The third kappa shape index (κ3) is 4.24. The summed E-state index contributed by atoms with van der Waals surface area (Å²) in [5.41, 5.74) is -0.0380. The number of amides is 3. The largest absolute Gasteiger partial charge is 0.491 e. The number of rotatable bonds is 3. The van der Waals surface area contributed by atoms with E-state index in [9.17, 15) is 18.4 Å². The van der Waals surface area contributed by atoms with Gasteiger partial charge in [0, 0.05) is 37.0 Å². The summed E-state index contributed by atoms with van der Waals surface area (Å²) in [5, 5.41) is 5.03. The van der Waals surface area contributed by atoms with Gasteiger partial charge in [-0.3, -0.25) is 0 Å². The van der Waals surface area contributed by atoms with Gasteiger partial charge in [0.2, 0.25) is 0 Å². The zero-order valence-electron chi connectivity index (χ0n) is 13.4. The van der Waals surface area contributed by atoms with E-state index in [0.29, 0.717) is 25.9 Å². The quantitative estimate of drug-likeness (QED) is 0.883. The first kappa shape index (κ1) is 17.8. The molecule has 1 fully saturated rings. The van der Waals surface area contributed by atoms with E-state index in [0.717, 1.165) is 19.2 Å². The third-order valence-electron chi connectivity index (χ3n) is 3.65. The number of benzene rings is 1. The smallest absolute Gasteiger partial charge is 0.409 e. The zero-order chi connectivity index (χ0) is 17.7. The molecule has 0 saturated carbocycles. The highest BCUT2D eigenvalue weighted by atomic mass is 19.1. The van der Waals surface area contributed by atoms with Gasteiger partial charge in [-0.05, 0) is 12.8 Å². The third-order valence-corrected chi connectivity index (χ3v) is 3.65. The zero-order valence-corrected chi connectivity index (χ0v) is 13.4. The lowest BCUT2D eigenvalue weighted by atomic mass is 10.1. The number of anilines is 1. The Kier molecular flexibility index (Phi) is 5.78. The molecule has 1 aliphatic rings. The Morgan fingerprint density at radius 1 is 1.25 bits per heavy atom. The van der Waals surface area contributed by atoms with Gasteiger partial charge in [-0.2, -0.15) is 0 Å². The Morgan fingerprint density at radius 2 is 1.92 bits per heavy atom. The van der Waals surface area contributed by atoms with Crippen molar-refractivity contribution in [2.45, 2.75) is 18.9 Å². The second-order valence-corrected chi connectivity index (χ2v) is 5.33. The van der Waals surface area contributed by atoms with Gasteiger partial charge in [0.25, 0.3) is 0 Å². The first-order valence-corrected chi connectivity index (χ1v) is 7.38. The van der Waals surface area contributed by atoms with E-state index >= 15 is 0 Å². The van der Waals surface area contributed by atoms with Crippen LogP contribution in [0.5, 0.6) is 5.75 Å². The van der Waals surface area contributed by atoms with E-state index in [1.807, 2.05) is 0 Å². The molecule has 1 heterocycles. The number of hydrogen-bond donors (Lipinski definition) is 2. The first-order chi connectivity index (χ1) is 11.4. The average molecular weight is 343 g/mol. The van der Waals surface area contributed by atoms with Crippen molar-refractivity contribution in [2.75, 3.05) is 32.6 Å². The summed E-state index contributed by atoms with van der Waals surface area (Å²) >= 11 is 0. The summed E-state index contributed by atoms with van der Waals surface area (Å²) in [6.45, 7) is 0.868. The second-order valence-electron chi connectivity index (χ2n) is 5.33. The molecule has 2 N–H and O–H groups in total. The molecular formula is C15H19F2N3O4. The highest BCUT2D eigenvalue weighted by Crippen LogP contribution is 2.25. The van der Waals surface area contributed by atoms with Crippen molar-refractivity contribution < 1.29 is 27.8 Å². The Balaban J connectivity index is 1.95. The minimum atomic E-state index is -0.915. The number of likely N-dealkylation sites (tertiary alicyclic amines) is 1. The van der Waals surface area contributed by atoms with Gasteiger partial charge >= 0.3 is 12.1 Å². The molecule has 0 aromatic heterocycles. The maximum atomic E-state index is 13.6. The minimum Gasteiger partial charge on any atom is -0.491 e. The number of hydrogen-bond acceptors (Lipinski definition) is 4. The molecule has 1 aromatic rings. The Hall–Kier alpha value is -2.58. The lowest BCUT2D eigenvalue weighted by Crippen LogP contribution is -2.50. The van der Waals surface area contributed by atoms with Crippen LogP contribution in [0.1, 0.15) is 12.8 Å². The number of carbonyl (C=O) groups is 2. The van der Waals surface area contributed by atoms with Gasteiger partial charge in [0.05, 0.1) is 14.2 Å². The van der Waals surface area contributed by atoms with Crippen LogP contribution in [0.15, 0.2) is 12.1 Å². The maximum absolute atomic E-state index is 13.6. The molecule has 24 heavy (non-hydrogen) atoms. The van der Waals surface area contributed by atoms with Gasteiger partial charge in [0.1, 0.15) is 0 Å². The van der Waals surface area contributed by atoms with Gasteiger partial charge in [0.15, 0.2) is 17.4 Å². The molecule has 1 atom stereocenters. The Labute approximate surface area is 137 Å². The van der Waals surface area contributed by atoms with Crippen LogP contribution in [0.25, 0.3) is 0 Å². The highest BCUT2D eigenvalue weighted by Gasteiger charge is 2.25. The number of methoxy groups -OCH3 is 2. The fourth-order valence-electron chi connectivity index (χ4n) is 2.57. The molecule has 1 saturated heterocycles. The van der Waals surface area contributed by atoms with E-state index in [-0.39, 0.29) is 11.7 Å². The Morgan fingerprint density at radius 3 is 2.50 bits per heavy atom. The van der Waals surface area contributed by atoms with Crippen LogP contribution in [0.4, 0.5) is 24.1 Å². The number of halogens is 2. The van der Waals surface area contributed by atoms with Crippen LogP contribution >= 0.6 is 0 Å². The number of piperidine rings is 1. The Bertz CT molecular complexity index is 604. The van der Waals surface area contributed by atoms with Crippen LogP contribution in [-0.4, -0.2) is 50.4 Å². The van der Waals surface area contributed by atoms with Crippen molar-refractivity contribution in [3.63, 3.8) is 0 Å². The SMILES string of the molecule is COC(=O)N1CCC[C@@H](NC(=O)Nc2cc(F)c(OC)c(F)c2)C1. The van der Waals surface area contributed by atoms with Crippen molar-refractivity contribution >= 4 is 17.8 Å². The maximum Gasteiger partial charge on any atom is 0.409 e. The van der Waals surface area contributed by atoms with E-state index in [4.69, 9.17) is 0 Å². The standard InChI is InChI=1S/C15H19F2N3O4/c1-23-13-11(16)6-10(7-12(13)17)19-14(21)18-9-4-3-5-20(8-9)15(22)24-2/h6-7,9H,3-5,8H2,1-2H3,(H2,18,19,21)/t9-/m1/s1. The van der Waals surface area contributed by atoms with Crippen LogP contribution < -0.4 is 15.4 Å². The van der Waals surface area contributed by atoms with Gasteiger partial charge in [-0.1, -0.05) is 0 Å². The van der Waals surface area contributed by atoms with Crippen LogP contribution in [0.3, 0.4) is 0 Å². The highest BCUT2D eigenvalue weighted by molar-refractivity contribution is 5.89. The van der Waals surface area contributed by atoms with Crippen molar-refractivity contribution in [2.24, 2.45) is 0 Å². The predicted molar refractivity (Wildman–Crippen MR) is 82.1 cm³/mol. The number of ether oxygens (including phenoxy) is 2. The fraction of sp³-hybridized carbons (Fsp3) is 0.467. The average Bonchev–Trinajstić information content (AvgIpc) is 2.54. The lowest BCUT2D eigenvalue weighted by molar-refractivity contribution is 0.108. The molecule has 0 radical (unpaired) electrons. The molecule has 3 amide bonds. The van der Waals surface area contributed by atoms with Crippen LogP contribution in [0, 0.1) is 11.6 Å². The molecule has 132 valence electrons. The minimum absolute atomic E-state index is 0.0380. The van der Waals surface area contributed by atoms with E-state index in [1.165, 1.54) is 12.0 Å². The monoisotopic (exact) mass is 343 g/mol. The van der Waals surface area contributed by atoms with Gasteiger partial charge in [-0.15, -0.1) is 0 Å². The summed E-state index contributed by atoms with van der Waals surface area (Å²) < 4.78 is 36.4. The molecule has 1 aromatic carbocycles. The molecule has 0 spiro atoms. The second kappa shape index (κ2) is 7.80. The molecule has 0 aliphatic carbocycles. The summed E-state index contributed by atoms with van der Waals surface area (Å²) in [6, 6.07) is 1.04. The number of nitrogens with zero attached hydrogens (tertiary/aromatic N) is 1. The summed E-state index contributed by atoms with van der Waals surface area (Å²) in [7, 11) is 2.44. The summed E-state index contributed by atoms with van der Waals surface area (Å²) in [6.07, 6.45) is 0.944. The normalized spacial score (nSPS) is 17.2. The number of urea groups is 1. The molecule has 2 rings (SSSR count). The van der Waals surface area contributed by atoms with Crippen LogP contribution in [-0.2, 0) is 4.74 Å². The lowest BCUT2D eigenvalue weighted by Gasteiger charge is -2.32. The van der Waals surface area contributed by atoms with Gasteiger partial charge < -0.3 is 25.0 Å². The van der Waals surface area contributed by atoms with E-state index in [1.54, 1.807) is 0 Å². The topological polar surface area (TPSA) is 79.9 Å². The van der Waals surface area contributed by atoms with Gasteiger partial charge in [-0.25, -0.2) is 18.4 Å². The number of nitrogens with one attached hydrogen (secondary N) is 2. The van der Waals surface area contributed by atoms with Crippen molar-refractivity contribution in [3.8, 4) is 5.75 Å². The van der Waals surface area contributed by atoms with E-state index in [2.05, 4.69) is 20.1 Å². The molecule has 7 nitrogen and oxygen atoms in total. The summed E-state index contributed by atoms with van der Waals surface area (Å²) in [5.74, 6) is -2.34. The molecular weight excluding hydrogens is 324 g/mol. The first-order valence-electron chi connectivity index (χ1n) is 7.38. The molecule has 0 unspecified atom stereocenters.